The van der Waals surface area contributed by atoms with Crippen molar-refractivity contribution >= 4 is 0 Å². The Morgan fingerprint density at radius 1 is 1.18 bits per heavy atom. The average molecular weight is 238 g/mol. The van der Waals surface area contributed by atoms with E-state index in [2.05, 4.69) is 31.0 Å². The molecule has 0 radical (unpaired) electrons. The summed E-state index contributed by atoms with van der Waals surface area (Å²) in [6.07, 6.45) is 9.68. The molecule has 17 heavy (non-hydrogen) atoms. The lowest BCUT2D eigenvalue weighted by molar-refractivity contribution is 0.0660. The lowest BCUT2D eigenvalue weighted by Gasteiger charge is -2.45. The predicted octanol–water partition coefficient (Wildman–Crippen LogP) is 3.17. The fourth-order valence-electron chi connectivity index (χ4n) is 3.80. The molecule has 1 saturated carbocycles. The molecule has 100 valence electrons. The quantitative estimate of drug-likeness (QED) is 0.809. The first kappa shape index (κ1) is 13.4. The molecule has 0 amide bonds. The molecule has 2 nitrogen and oxygen atoms in total. The third-order valence-corrected chi connectivity index (χ3v) is 4.75. The van der Waals surface area contributed by atoms with Gasteiger partial charge in [0.2, 0.25) is 0 Å². The zero-order valence-electron chi connectivity index (χ0n) is 12.0. The molecular formula is C15H30N2. The first-order chi connectivity index (χ1) is 8.15. The molecule has 2 unspecified atom stereocenters. The van der Waals surface area contributed by atoms with Gasteiger partial charge in [0.25, 0.3) is 0 Å². The lowest BCUT2D eigenvalue weighted by Crippen LogP contribution is -2.56. The van der Waals surface area contributed by atoms with E-state index in [0.29, 0.717) is 5.54 Å². The van der Waals surface area contributed by atoms with Gasteiger partial charge in [-0.1, -0.05) is 19.8 Å². The molecule has 2 fully saturated rings. The molecule has 0 bridgehead atoms. The van der Waals surface area contributed by atoms with Gasteiger partial charge in [-0.05, 0) is 59.0 Å². The Hall–Kier alpha value is -0.0800. The standard InChI is InChI=1S/C15H30N2/c1-4-11-16-13-8-5-6-9-14(13)17-12-7-10-15(17,2)3/h13-14,16H,4-12H2,1-3H3. The lowest BCUT2D eigenvalue weighted by atomic mass is 9.87. The molecule has 1 aliphatic heterocycles. The summed E-state index contributed by atoms with van der Waals surface area (Å²) in [5.41, 5.74) is 0.439. The maximum atomic E-state index is 3.79. The van der Waals surface area contributed by atoms with Crippen molar-refractivity contribution in [3.05, 3.63) is 0 Å². The smallest absolute Gasteiger partial charge is 0.0254 e. The monoisotopic (exact) mass is 238 g/mol. The number of hydrogen-bond acceptors (Lipinski definition) is 2. The van der Waals surface area contributed by atoms with E-state index in [1.165, 1.54) is 58.0 Å². The number of hydrogen-bond donors (Lipinski definition) is 1. The van der Waals surface area contributed by atoms with Gasteiger partial charge in [0, 0.05) is 17.6 Å². The zero-order chi connectivity index (χ0) is 12.3. The Morgan fingerprint density at radius 2 is 1.94 bits per heavy atom. The molecule has 0 aromatic carbocycles. The molecule has 0 aromatic heterocycles. The fourth-order valence-corrected chi connectivity index (χ4v) is 3.80. The van der Waals surface area contributed by atoms with Crippen LogP contribution in [0.2, 0.25) is 0 Å². The summed E-state index contributed by atoms with van der Waals surface area (Å²) in [5, 5.41) is 3.79. The molecule has 0 aromatic rings. The molecule has 1 saturated heterocycles. The summed E-state index contributed by atoms with van der Waals surface area (Å²) in [5.74, 6) is 0. The van der Waals surface area contributed by atoms with Gasteiger partial charge in [-0.2, -0.15) is 0 Å². The molecule has 2 heteroatoms. The van der Waals surface area contributed by atoms with Crippen molar-refractivity contribution in [1.29, 1.82) is 0 Å². The second kappa shape index (κ2) is 5.71. The molecular weight excluding hydrogens is 208 g/mol. The van der Waals surface area contributed by atoms with E-state index in [1.807, 2.05) is 0 Å². The van der Waals surface area contributed by atoms with Crippen molar-refractivity contribution < 1.29 is 0 Å². The topological polar surface area (TPSA) is 15.3 Å². The van der Waals surface area contributed by atoms with Gasteiger partial charge in [-0.15, -0.1) is 0 Å². The van der Waals surface area contributed by atoms with E-state index >= 15 is 0 Å². The summed E-state index contributed by atoms with van der Waals surface area (Å²) in [7, 11) is 0. The molecule has 1 heterocycles. The van der Waals surface area contributed by atoms with E-state index in [-0.39, 0.29) is 0 Å². The van der Waals surface area contributed by atoms with Crippen LogP contribution in [0.15, 0.2) is 0 Å². The van der Waals surface area contributed by atoms with Crippen molar-refractivity contribution in [3.63, 3.8) is 0 Å². The third-order valence-electron chi connectivity index (χ3n) is 4.75. The molecule has 2 rings (SSSR count). The van der Waals surface area contributed by atoms with Crippen LogP contribution in [0.3, 0.4) is 0 Å². The van der Waals surface area contributed by atoms with Crippen LogP contribution >= 0.6 is 0 Å². The highest BCUT2D eigenvalue weighted by molar-refractivity contribution is 4.97. The minimum Gasteiger partial charge on any atom is -0.312 e. The van der Waals surface area contributed by atoms with Gasteiger partial charge in [0.15, 0.2) is 0 Å². The van der Waals surface area contributed by atoms with E-state index in [0.717, 1.165) is 12.1 Å². The number of rotatable bonds is 4. The molecule has 2 atom stereocenters. The summed E-state index contributed by atoms with van der Waals surface area (Å²) >= 11 is 0. The first-order valence-corrected chi connectivity index (χ1v) is 7.65. The second-order valence-electron chi connectivity index (χ2n) is 6.52. The molecule has 0 spiro atoms. The Kier molecular flexibility index (Phi) is 4.48. The van der Waals surface area contributed by atoms with Crippen LogP contribution in [0.1, 0.15) is 65.7 Å². The highest BCUT2D eigenvalue weighted by Crippen LogP contribution is 2.35. The van der Waals surface area contributed by atoms with E-state index < -0.39 is 0 Å². The van der Waals surface area contributed by atoms with Crippen LogP contribution in [0.4, 0.5) is 0 Å². The van der Waals surface area contributed by atoms with Crippen molar-refractivity contribution in [3.8, 4) is 0 Å². The number of nitrogens with one attached hydrogen (secondary N) is 1. The Labute approximate surface area is 107 Å². The first-order valence-electron chi connectivity index (χ1n) is 7.65. The van der Waals surface area contributed by atoms with Gasteiger partial charge >= 0.3 is 0 Å². The largest absolute Gasteiger partial charge is 0.312 e. The second-order valence-corrected chi connectivity index (χ2v) is 6.52. The van der Waals surface area contributed by atoms with Crippen molar-refractivity contribution in [2.45, 2.75) is 83.3 Å². The zero-order valence-corrected chi connectivity index (χ0v) is 12.0. The maximum Gasteiger partial charge on any atom is 0.0254 e. The van der Waals surface area contributed by atoms with Crippen LogP contribution in [0.5, 0.6) is 0 Å². The Balaban J connectivity index is 2.00. The summed E-state index contributed by atoms with van der Waals surface area (Å²) < 4.78 is 0. The molecule has 1 N–H and O–H groups in total. The SMILES string of the molecule is CCCNC1CCCCC1N1CCCC1(C)C. The van der Waals surface area contributed by atoms with Crippen LogP contribution < -0.4 is 5.32 Å². The van der Waals surface area contributed by atoms with Crippen LogP contribution in [-0.2, 0) is 0 Å². The summed E-state index contributed by atoms with van der Waals surface area (Å²) in [4.78, 5) is 2.81. The minimum absolute atomic E-state index is 0.439. The minimum atomic E-state index is 0.439. The number of nitrogens with zero attached hydrogens (tertiary/aromatic N) is 1. The Morgan fingerprint density at radius 3 is 2.59 bits per heavy atom. The van der Waals surface area contributed by atoms with E-state index in [9.17, 15) is 0 Å². The Bertz CT molecular complexity index is 237. The summed E-state index contributed by atoms with van der Waals surface area (Å²) in [6.45, 7) is 9.65. The maximum absolute atomic E-state index is 3.79. The third kappa shape index (κ3) is 3.03. The summed E-state index contributed by atoms with van der Waals surface area (Å²) in [6, 6.07) is 1.55. The van der Waals surface area contributed by atoms with E-state index in [4.69, 9.17) is 0 Å². The van der Waals surface area contributed by atoms with Crippen molar-refractivity contribution in [2.75, 3.05) is 13.1 Å². The van der Waals surface area contributed by atoms with Crippen molar-refractivity contribution in [1.82, 2.24) is 10.2 Å². The van der Waals surface area contributed by atoms with Gasteiger partial charge in [0.1, 0.15) is 0 Å². The van der Waals surface area contributed by atoms with Gasteiger partial charge in [-0.25, -0.2) is 0 Å². The highest BCUT2D eigenvalue weighted by atomic mass is 15.3. The molecule has 1 aliphatic carbocycles. The van der Waals surface area contributed by atoms with Gasteiger partial charge in [0.05, 0.1) is 0 Å². The van der Waals surface area contributed by atoms with Crippen molar-refractivity contribution in [2.24, 2.45) is 0 Å². The van der Waals surface area contributed by atoms with Crippen LogP contribution in [-0.4, -0.2) is 35.6 Å². The van der Waals surface area contributed by atoms with E-state index in [1.54, 1.807) is 0 Å². The fraction of sp³-hybridized carbons (Fsp3) is 1.00. The predicted molar refractivity (Wildman–Crippen MR) is 74.4 cm³/mol. The normalized spacial score (nSPS) is 34.1. The van der Waals surface area contributed by atoms with Gasteiger partial charge < -0.3 is 5.32 Å². The van der Waals surface area contributed by atoms with Crippen LogP contribution in [0.25, 0.3) is 0 Å². The highest BCUT2D eigenvalue weighted by Gasteiger charge is 2.40. The molecule has 2 aliphatic rings. The average Bonchev–Trinajstić information content (AvgIpc) is 2.66. The number of likely N-dealkylation sites (tertiary alicyclic amines) is 1. The van der Waals surface area contributed by atoms with Gasteiger partial charge in [-0.3, -0.25) is 4.90 Å². The van der Waals surface area contributed by atoms with Crippen LogP contribution in [0, 0.1) is 0 Å².